The van der Waals surface area contributed by atoms with Crippen molar-refractivity contribution in [1.82, 2.24) is 0 Å². The van der Waals surface area contributed by atoms with E-state index in [4.69, 9.17) is 4.74 Å². The van der Waals surface area contributed by atoms with Crippen LogP contribution < -0.4 is 0 Å². The van der Waals surface area contributed by atoms with Gasteiger partial charge < -0.3 is 4.74 Å². The van der Waals surface area contributed by atoms with Gasteiger partial charge in [-0.3, -0.25) is 4.79 Å². The molecule has 0 radical (unpaired) electrons. The summed E-state index contributed by atoms with van der Waals surface area (Å²) in [6.45, 7) is 4.01. The van der Waals surface area contributed by atoms with Crippen molar-refractivity contribution in [3.8, 4) is 0 Å². The summed E-state index contributed by atoms with van der Waals surface area (Å²) in [6.07, 6.45) is 2.76. The number of ketones is 1. The van der Waals surface area contributed by atoms with Crippen molar-refractivity contribution >= 4 is 5.78 Å². The molecule has 10 heavy (non-hydrogen) atoms. The smallest absolute Gasteiger partial charge is 0.135 e. The summed E-state index contributed by atoms with van der Waals surface area (Å²) in [7, 11) is 0. The van der Waals surface area contributed by atoms with Crippen molar-refractivity contribution in [2.75, 3.05) is 0 Å². The number of Topliss-reactive ketones (excluding diaryl/α,β-unsaturated/α-hetero) is 1. The first-order chi connectivity index (χ1) is 4.68. The molecule has 1 unspecified atom stereocenters. The highest BCUT2D eigenvalue weighted by molar-refractivity contribution is 5.81. The first kappa shape index (κ1) is 7.73. The Balaban J connectivity index is 2.24. The minimum absolute atomic E-state index is 0.215. The first-order valence-corrected chi connectivity index (χ1v) is 3.85. The molecule has 0 aromatic carbocycles. The molecule has 1 fully saturated rings. The highest BCUT2D eigenvalue weighted by Gasteiger charge is 2.22. The van der Waals surface area contributed by atoms with Gasteiger partial charge in [0.25, 0.3) is 0 Å². The lowest BCUT2D eigenvalue weighted by atomic mass is 10.3. The second-order valence-corrected chi connectivity index (χ2v) is 3.09. The lowest BCUT2D eigenvalue weighted by Gasteiger charge is -2.12. The summed E-state index contributed by atoms with van der Waals surface area (Å²) < 4.78 is 5.46. The summed E-state index contributed by atoms with van der Waals surface area (Å²) >= 11 is 0. The minimum atomic E-state index is 0.215. The van der Waals surface area contributed by atoms with Crippen LogP contribution in [0.1, 0.15) is 33.1 Å². The molecular formula is C8H14O2. The second-order valence-electron chi connectivity index (χ2n) is 3.09. The molecule has 2 nitrogen and oxygen atoms in total. The molecule has 1 atom stereocenters. The van der Waals surface area contributed by atoms with Crippen LogP contribution >= 0.6 is 0 Å². The first-order valence-electron chi connectivity index (χ1n) is 3.85. The lowest BCUT2D eigenvalue weighted by Crippen LogP contribution is -2.14. The van der Waals surface area contributed by atoms with E-state index in [1.54, 1.807) is 0 Å². The zero-order valence-corrected chi connectivity index (χ0v) is 6.59. The van der Waals surface area contributed by atoms with Gasteiger partial charge in [-0.1, -0.05) is 0 Å². The number of ether oxygens (including phenoxy) is 1. The van der Waals surface area contributed by atoms with Crippen LogP contribution in [0.3, 0.4) is 0 Å². The van der Waals surface area contributed by atoms with Crippen LogP contribution in [0.2, 0.25) is 0 Å². The standard InChI is InChI=1S/C8H14O2/c1-6(2)10-8-4-3-7(9)5-8/h6,8H,3-5H2,1-2H3. The summed E-state index contributed by atoms with van der Waals surface area (Å²) in [5, 5.41) is 0. The molecule has 1 saturated carbocycles. The number of hydrogen-bond donors (Lipinski definition) is 0. The van der Waals surface area contributed by atoms with E-state index in [-0.39, 0.29) is 12.2 Å². The van der Waals surface area contributed by atoms with E-state index in [1.165, 1.54) is 0 Å². The largest absolute Gasteiger partial charge is 0.375 e. The zero-order chi connectivity index (χ0) is 7.56. The highest BCUT2D eigenvalue weighted by atomic mass is 16.5. The third-order valence-corrected chi connectivity index (χ3v) is 1.67. The zero-order valence-electron chi connectivity index (χ0n) is 6.59. The molecule has 58 valence electrons. The minimum Gasteiger partial charge on any atom is -0.375 e. The molecule has 0 spiro atoms. The normalized spacial score (nSPS) is 26.3. The van der Waals surface area contributed by atoms with E-state index in [0.717, 1.165) is 12.8 Å². The van der Waals surface area contributed by atoms with Gasteiger partial charge in [-0.05, 0) is 20.3 Å². The van der Waals surface area contributed by atoms with Crippen LogP contribution in [0.15, 0.2) is 0 Å². The van der Waals surface area contributed by atoms with Crippen molar-refractivity contribution in [2.24, 2.45) is 0 Å². The molecule has 0 aliphatic heterocycles. The van der Waals surface area contributed by atoms with Crippen LogP contribution in [0, 0.1) is 0 Å². The number of rotatable bonds is 2. The molecule has 1 rings (SSSR count). The predicted octanol–water partition coefficient (Wildman–Crippen LogP) is 1.53. The van der Waals surface area contributed by atoms with Crippen LogP contribution in [0.25, 0.3) is 0 Å². The quantitative estimate of drug-likeness (QED) is 0.584. The fraction of sp³-hybridized carbons (Fsp3) is 0.875. The molecule has 0 heterocycles. The van der Waals surface area contributed by atoms with E-state index in [2.05, 4.69) is 0 Å². The van der Waals surface area contributed by atoms with Crippen molar-refractivity contribution in [3.63, 3.8) is 0 Å². The van der Waals surface area contributed by atoms with Gasteiger partial charge in [0.15, 0.2) is 0 Å². The monoisotopic (exact) mass is 142 g/mol. The Labute approximate surface area is 61.6 Å². The van der Waals surface area contributed by atoms with Gasteiger partial charge in [0.05, 0.1) is 12.2 Å². The molecule has 0 N–H and O–H groups in total. The Kier molecular flexibility index (Phi) is 2.44. The Morgan fingerprint density at radius 1 is 1.60 bits per heavy atom. The van der Waals surface area contributed by atoms with Crippen LogP contribution in [0.4, 0.5) is 0 Å². The third kappa shape index (κ3) is 2.10. The van der Waals surface area contributed by atoms with Crippen LogP contribution in [-0.4, -0.2) is 18.0 Å². The summed E-state index contributed by atoms with van der Waals surface area (Å²) in [5.41, 5.74) is 0. The predicted molar refractivity (Wildman–Crippen MR) is 38.9 cm³/mol. The van der Waals surface area contributed by atoms with Gasteiger partial charge in [0.2, 0.25) is 0 Å². The molecule has 0 amide bonds. The third-order valence-electron chi connectivity index (χ3n) is 1.67. The molecule has 0 bridgehead atoms. The SMILES string of the molecule is CC(C)OC1CCC(=O)C1. The average Bonchev–Trinajstić information content (AvgIpc) is 2.13. The summed E-state index contributed by atoms with van der Waals surface area (Å²) in [5.74, 6) is 0.352. The van der Waals surface area contributed by atoms with Crippen molar-refractivity contribution in [3.05, 3.63) is 0 Å². The van der Waals surface area contributed by atoms with Crippen LogP contribution in [0.5, 0.6) is 0 Å². The Morgan fingerprint density at radius 2 is 2.30 bits per heavy atom. The molecule has 1 aliphatic rings. The van der Waals surface area contributed by atoms with Crippen molar-refractivity contribution < 1.29 is 9.53 Å². The summed E-state index contributed by atoms with van der Waals surface area (Å²) in [4.78, 5) is 10.8. The number of carbonyl (C=O) groups excluding carboxylic acids is 1. The Hall–Kier alpha value is -0.370. The van der Waals surface area contributed by atoms with Gasteiger partial charge in [-0.2, -0.15) is 0 Å². The molecule has 0 aromatic rings. The van der Waals surface area contributed by atoms with E-state index in [9.17, 15) is 4.79 Å². The number of carbonyl (C=O) groups is 1. The lowest BCUT2D eigenvalue weighted by molar-refractivity contribution is -0.118. The topological polar surface area (TPSA) is 26.3 Å². The second kappa shape index (κ2) is 3.15. The van der Waals surface area contributed by atoms with Gasteiger partial charge in [-0.25, -0.2) is 0 Å². The van der Waals surface area contributed by atoms with E-state index in [1.807, 2.05) is 13.8 Å². The number of hydrogen-bond acceptors (Lipinski definition) is 2. The maximum Gasteiger partial charge on any atom is 0.135 e. The molecule has 1 aliphatic carbocycles. The van der Waals surface area contributed by atoms with Gasteiger partial charge >= 0.3 is 0 Å². The molecular weight excluding hydrogens is 128 g/mol. The molecule has 0 aromatic heterocycles. The fourth-order valence-corrected chi connectivity index (χ4v) is 1.28. The van der Waals surface area contributed by atoms with Crippen molar-refractivity contribution in [2.45, 2.75) is 45.3 Å². The maximum atomic E-state index is 10.8. The van der Waals surface area contributed by atoms with E-state index >= 15 is 0 Å². The molecule has 0 saturated heterocycles. The Morgan fingerprint density at radius 3 is 2.70 bits per heavy atom. The maximum absolute atomic E-state index is 10.8. The highest BCUT2D eigenvalue weighted by Crippen LogP contribution is 2.18. The van der Waals surface area contributed by atoms with Crippen LogP contribution in [-0.2, 0) is 9.53 Å². The van der Waals surface area contributed by atoms with Gasteiger partial charge in [0, 0.05) is 12.8 Å². The fourth-order valence-electron chi connectivity index (χ4n) is 1.28. The molecule has 2 heteroatoms. The van der Waals surface area contributed by atoms with E-state index in [0.29, 0.717) is 12.2 Å². The van der Waals surface area contributed by atoms with Crippen molar-refractivity contribution in [1.29, 1.82) is 0 Å². The van der Waals surface area contributed by atoms with E-state index < -0.39 is 0 Å². The average molecular weight is 142 g/mol. The van der Waals surface area contributed by atoms with Gasteiger partial charge in [0.1, 0.15) is 5.78 Å². The Bertz CT molecular complexity index is 129. The van der Waals surface area contributed by atoms with Gasteiger partial charge in [-0.15, -0.1) is 0 Å². The summed E-state index contributed by atoms with van der Waals surface area (Å²) in [6, 6.07) is 0.